The van der Waals surface area contributed by atoms with E-state index in [4.69, 9.17) is 0 Å². The SMILES string of the molecule is CCC(CO)(CO)NCC(=O)Nc1cccc(F)c1. The van der Waals surface area contributed by atoms with E-state index in [1.54, 1.807) is 13.0 Å². The van der Waals surface area contributed by atoms with Gasteiger partial charge < -0.3 is 15.5 Å². The summed E-state index contributed by atoms with van der Waals surface area (Å²) in [5, 5.41) is 23.8. The van der Waals surface area contributed by atoms with Crippen molar-refractivity contribution in [2.75, 3.05) is 25.1 Å². The van der Waals surface area contributed by atoms with Crippen molar-refractivity contribution >= 4 is 11.6 Å². The summed E-state index contributed by atoms with van der Waals surface area (Å²) >= 11 is 0. The van der Waals surface area contributed by atoms with Crippen molar-refractivity contribution in [3.8, 4) is 0 Å². The van der Waals surface area contributed by atoms with Crippen molar-refractivity contribution in [2.45, 2.75) is 18.9 Å². The molecule has 0 radical (unpaired) electrons. The number of halogens is 1. The summed E-state index contributed by atoms with van der Waals surface area (Å²) in [6.45, 7) is 1.18. The number of hydrogen-bond donors (Lipinski definition) is 4. The first kappa shape index (κ1) is 15.6. The summed E-state index contributed by atoms with van der Waals surface area (Å²) in [5.41, 5.74) is -0.513. The van der Waals surface area contributed by atoms with Gasteiger partial charge in [0.2, 0.25) is 5.91 Å². The van der Waals surface area contributed by atoms with Gasteiger partial charge in [0, 0.05) is 5.69 Å². The molecule has 0 saturated heterocycles. The van der Waals surface area contributed by atoms with Crippen molar-refractivity contribution in [3.05, 3.63) is 30.1 Å². The van der Waals surface area contributed by atoms with Gasteiger partial charge in [0.25, 0.3) is 0 Å². The average molecular weight is 270 g/mol. The Labute approximate surface area is 111 Å². The minimum absolute atomic E-state index is 0.0779. The van der Waals surface area contributed by atoms with Gasteiger partial charge in [-0.05, 0) is 24.6 Å². The summed E-state index contributed by atoms with van der Waals surface area (Å²) in [5.74, 6) is -0.801. The van der Waals surface area contributed by atoms with E-state index in [-0.39, 0.29) is 25.7 Å². The maximum Gasteiger partial charge on any atom is 0.238 e. The number of carbonyl (C=O) groups excluding carboxylic acids is 1. The first-order valence-electron chi connectivity index (χ1n) is 6.07. The second-order valence-corrected chi connectivity index (χ2v) is 4.36. The Hall–Kier alpha value is -1.50. The highest BCUT2D eigenvalue weighted by Gasteiger charge is 2.26. The van der Waals surface area contributed by atoms with Crippen molar-refractivity contribution in [3.63, 3.8) is 0 Å². The molecule has 0 aromatic heterocycles. The first-order chi connectivity index (χ1) is 9.05. The highest BCUT2D eigenvalue weighted by Crippen LogP contribution is 2.10. The summed E-state index contributed by atoms with van der Waals surface area (Å²) in [6.07, 6.45) is 0.479. The molecule has 1 amide bonds. The van der Waals surface area contributed by atoms with Gasteiger partial charge >= 0.3 is 0 Å². The molecule has 0 atom stereocenters. The second-order valence-electron chi connectivity index (χ2n) is 4.36. The molecule has 6 heteroatoms. The smallest absolute Gasteiger partial charge is 0.238 e. The number of amides is 1. The average Bonchev–Trinajstić information content (AvgIpc) is 2.41. The molecule has 0 fully saturated rings. The van der Waals surface area contributed by atoms with Crippen LogP contribution >= 0.6 is 0 Å². The third kappa shape index (κ3) is 4.59. The first-order valence-corrected chi connectivity index (χ1v) is 6.07. The molecule has 0 aliphatic rings. The molecule has 1 aromatic rings. The fourth-order valence-corrected chi connectivity index (χ4v) is 1.55. The lowest BCUT2D eigenvalue weighted by Crippen LogP contribution is -2.53. The van der Waals surface area contributed by atoms with E-state index < -0.39 is 11.4 Å². The molecule has 19 heavy (non-hydrogen) atoms. The van der Waals surface area contributed by atoms with E-state index in [0.29, 0.717) is 12.1 Å². The third-order valence-electron chi connectivity index (χ3n) is 3.01. The number of hydrogen-bond acceptors (Lipinski definition) is 4. The number of nitrogens with one attached hydrogen (secondary N) is 2. The van der Waals surface area contributed by atoms with Crippen LogP contribution in [0.15, 0.2) is 24.3 Å². The van der Waals surface area contributed by atoms with Crippen LogP contribution in [0.3, 0.4) is 0 Å². The molecule has 106 valence electrons. The Morgan fingerprint density at radius 2 is 2.05 bits per heavy atom. The van der Waals surface area contributed by atoms with Gasteiger partial charge in [-0.15, -0.1) is 0 Å². The van der Waals surface area contributed by atoms with Gasteiger partial charge in [-0.25, -0.2) is 4.39 Å². The molecule has 0 heterocycles. The number of benzene rings is 1. The van der Waals surface area contributed by atoms with Crippen LogP contribution in [0, 0.1) is 5.82 Å². The minimum atomic E-state index is -0.876. The highest BCUT2D eigenvalue weighted by molar-refractivity contribution is 5.92. The van der Waals surface area contributed by atoms with Crippen LogP contribution in [0.4, 0.5) is 10.1 Å². The lowest BCUT2D eigenvalue weighted by atomic mass is 9.98. The van der Waals surface area contributed by atoms with Crippen molar-refractivity contribution in [2.24, 2.45) is 0 Å². The number of carbonyl (C=O) groups is 1. The van der Waals surface area contributed by atoms with Gasteiger partial charge in [0.05, 0.1) is 25.3 Å². The van der Waals surface area contributed by atoms with E-state index >= 15 is 0 Å². The van der Waals surface area contributed by atoms with Crippen LogP contribution < -0.4 is 10.6 Å². The monoisotopic (exact) mass is 270 g/mol. The molecule has 0 saturated carbocycles. The van der Waals surface area contributed by atoms with Gasteiger partial charge in [0.15, 0.2) is 0 Å². The summed E-state index contributed by atoms with van der Waals surface area (Å²) < 4.78 is 12.9. The van der Waals surface area contributed by atoms with Crippen LogP contribution in [-0.4, -0.2) is 41.4 Å². The number of aliphatic hydroxyl groups excluding tert-OH is 2. The fraction of sp³-hybridized carbons (Fsp3) is 0.462. The van der Waals surface area contributed by atoms with E-state index in [2.05, 4.69) is 10.6 Å². The lowest BCUT2D eigenvalue weighted by Gasteiger charge is -2.29. The Bertz CT molecular complexity index is 414. The molecule has 0 bridgehead atoms. The van der Waals surface area contributed by atoms with Crippen molar-refractivity contribution in [1.29, 1.82) is 0 Å². The molecule has 0 aliphatic heterocycles. The van der Waals surface area contributed by atoms with Crippen LogP contribution in [0.1, 0.15) is 13.3 Å². The Morgan fingerprint density at radius 3 is 2.58 bits per heavy atom. The molecule has 1 aromatic carbocycles. The summed E-state index contributed by atoms with van der Waals surface area (Å²) in [6, 6.07) is 5.57. The van der Waals surface area contributed by atoms with Crippen LogP contribution in [0.2, 0.25) is 0 Å². The summed E-state index contributed by atoms with van der Waals surface area (Å²) in [7, 11) is 0. The van der Waals surface area contributed by atoms with Gasteiger partial charge in [0.1, 0.15) is 5.82 Å². The maximum atomic E-state index is 12.9. The van der Waals surface area contributed by atoms with Crippen LogP contribution in [0.5, 0.6) is 0 Å². The standard InChI is InChI=1S/C13H19FN2O3/c1-2-13(8-17,9-18)15-7-12(19)16-11-5-3-4-10(14)6-11/h3-6,15,17-18H,2,7-9H2,1H3,(H,16,19). The number of anilines is 1. The second kappa shape index (κ2) is 7.18. The zero-order valence-electron chi connectivity index (χ0n) is 10.8. The zero-order valence-corrected chi connectivity index (χ0v) is 10.8. The summed E-state index contributed by atoms with van der Waals surface area (Å²) in [4.78, 5) is 11.7. The van der Waals surface area contributed by atoms with Gasteiger partial charge in [-0.1, -0.05) is 13.0 Å². The van der Waals surface area contributed by atoms with E-state index in [9.17, 15) is 19.4 Å². The topological polar surface area (TPSA) is 81.6 Å². The normalized spacial score (nSPS) is 11.4. The molecular weight excluding hydrogens is 251 g/mol. The molecule has 5 nitrogen and oxygen atoms in total. The molecular formula is C13H19FN2O3. The van der Waals surface area contributed by atoms with Crippen molar-refractivity contribution < 1.29 is 19.4 Å². The Balaban J connectivity index is 2.52. The Kier molecular flexibility index (Phi) is 5.88. The van der Waals surface area contributed by atoms with Crippen LogP contribution in [-0.2, 0) is 4.79 Å². The maximum absolute atomic E-state index is 12.9. The van der Waals surface area contributed by atoms with E-state index in [0.717, 1.165) is 0 Å². The highest BCUT2D eigenvalue weighted by atomic mass is 19.1. The predicted molar refractivity (Wildman–Crippen MR) is 70.2 cm³/mol. The molecule has 1 rings (SSSR count). The molecule has 0 spiro atoms. The minimum Gasteiger partial charge on any atom is -0.394 e. The van der Waals surface area contributed by atoms with Gasteiger partial charge in [-0.3, -0.25) is 10.1 Å². The van der Waals surface area contributed by atoms with E-state index in [1.165, 1.54) is 18.2 Å². The number of rotatable bonds is 7. The van der Waals surface area contributed by atoms with Crippen molar-refractivity contribution in [1.82, 2.24) is 5.32 Å². The third-order valence-corrected chi connectivity index (χ3v) is 3.01. The number of aliphatic hydroxyl groups is 2. The molecule has 0 aliphatic carbocycles. The lowest BCUT2D eigenvalue weighted by molar-refractivity contribution is -0.116. The predicted octanol–water partition coefficient (Wildman–Crippen LogP) is 0.487. The molecule has 4 N–H and O–H groups in total. The molecule has 0 unspecified atom stereocenters. The van der Waals surface area contributed by atoms with E-state index in [1.807, 2.05) is 0 Å². The van der Waals surface area contributed by atoms with Crippen LogP contribution in [0.25, 0.3) is 0 Å². The van der Waals surface area contributed by atoms with Gasteiger partial charge in [-0.2, -0.15) is 0 Å². The fourth-order valence-electron chi connectivity index (χ4n) is 1.55. The quantitative estimate of drug-likeness (QED) is 0.581. The largest absolute Gasteiger partial charge is 0.394 e. The zero-order chi connectivity index (χ0) is 14.3. The Morgan fingerprint density at radius 1 is 1.37 bits per heavy atom.